The maximum atomic E-state index is 12.2. The largest absolute Gasteiger partial charge is 0.573 e. The van der Waals surface area contributed by atoms with Crippen LogP contribution in [-0.2, 0) is 13.6 Å². The Balaban J connectivity index is 0.00000288. The van der Waals surface area contributed by atoms with Crippen LogP contribution in [0, 0.1) is 6.92 Å². The first kappa shape index (κ1) is 20.1. The highest BCUT2D eigenvalue weighted by Gasteiger charge is 2.31. The van der Waals surface area contributed by atoms with E-state index in [0.717, 1.165) is 11.4 Å². The van der Waals surface area contributed by atoms with E-state index in [1.54, 1.807) is 17.8 Å². The lowest BCUT2D eigenvalue weighted by molar-refractivity contribution is -0.274. The molecular formula is C14H17F3IN5O. The number of alkyl halides is 3. The lowest BCUT2D eigenvalue weighted by Crippen LogP contribution is -2.23. The van der Waals surface area contributed by atoms with Crippen LogP contribution in [0.15, 0.2) is 35.3 Å². The summed E-state index contributed by atoms with van der Waals surface area (Å²) in [7, 11) is 1.79. The highest BCUT2D eigenvalue weighted by molar-refractivity contribution is 14.0. The molecule has 10 heteroatoms. The summed E-state index contributed by atoms with van der Waals surface area (Å²) in [5.41, 5.74) is 7.80. The van der Waals surface area contributed by atoms with Gasteiger partial charge in [-0.15, -0.1) is 37.1 Å². The Morgan fingerprint density at radius 3 is 2.67 bits per heavy atom. The Kier molecular flexibility index (Phi) is 6.87. The van der Waals surface area contributed by atoms with Gasteiger partial charge in [0.15, 0.2) is 5.96 Å². The fourth-order valence-electron chi connectivity index (χ4n) is 1.94. The third kappa shape index (κ3) is 6.26. The second kappa shape index (κ2) is 8.22. The summed E-state index contributed by atoms with van der Waals surface area (Å²) in [5.74, 6) is -0.259. The van der Waals surface area contributed by atoms with Crippen molar-refractivity contribution in [2.45, 2.75) is 19.8 Å². The van der Waals surface area contributed by atoms with Gasteiger partial charge in [-0.05, 0) is 25.1 Å². The summed E-state index contributed by atoms with van der Waals surface area (Å²) < 4.78 is 42.1. The summed E-state index contributed by atoms with van der Waals surface area (Å²) in [4.78, 5) is 4.13. The topological polar surface area (TPSA) is 77.5 Å². The average molecular weight is 455 g/mol. The molecule has 132 valence electrons. The number of halogens is 4. The van der Waals surface area contributed by atoms with Crippen molar-refractivity contribution in [1.29, 1.82) is 0 Å². The Morgan fingerprint density at radius 1 is 1.38 bits per heavy atom. The number of hydrogen-bond acceptors (Lipinski definition) is 3. The zero-order valence-electron chi connectivity index (χ0n) is 13.0. The molecule has 0 aliphatic carbocycles. The number of benzene rings is 1. The number of nitrogens with one attached hydrogen (secondary N) is 1. The van der Waals surface area contributed by atoms with E-state index >= 15 is 0 Å². The number of nitrogens with zero attached hydrogens (tertiary/aromatic N) is 3. The van der Waals surface area contributed by atoms with E-state index in [2.05, 4.69) is 20.1 Å². The van der Waals surface area contributed by atoms with Crippen molar-refractivity contribution >= 4 is 35.6 Å². The van der Waals surface area contributed by atoms with E-state index in [4.69, 9.17) is 5.73 Å². The summed E-state index contributed by atoms with van der Waals surface area (Å²) in [6.07, 6.45) is -4.74. The van der Waals surface area contributed by atoms with E-state index in [-0.39, 0.29) is 35.7 Å². The van der Waals surface area contributed by atoms with Crippen LogP contribution >= 0.6 is 24.0 Å². The van der Waals surface area contributed by atoms with Gasteiger partial charge in [0.1, 0.15) is 5.75 Å². The predicted octanol–water partition coefficient (Wildman–Crippen LogP) is 3.17. The van der Waals surface area contributed by atoms with E-state index in [1.165, 1.54) is 18.2 Å². The molecule has 0 saturated heterocycles. The van der Waals surface area contributed by atoms with Gasteiger partial charge in [0, 0.05) is 18.8 Å². The highest BCUT2D eigenvalue weighted by atomic mass is 127. The molecule has 3 N–H and O–H groups in total. The third-order valence-corrected chi connectivity index (χ3v) is 2.85. The molecule has 0 atom stereocenters. The van der Waals surface area contributed by atoms with E-state index in [1.807, 2.05) is 13.0 Å². The number of aliphatic imine (C=N–C) groups is 1. The van der Waals surface area contributed by atoms with Crippen LogP contribution in [0.5, 0.6) is 5.75 Å². The molecule has 1 aromatic heterocycles. The fraction of sp³-hybridized carbons (Fsp3) is 0.286. The van der Waals surface area contributed by atoms with E-state index in [9.17, 15) is 13.2 Å². The summed E-state index contributed by atoms with van der Waals surface area (Å²) in [6.45, 7) is 2.16. The quantitative estimate of drug-likeness (QED) is 0.422. The molecule has 0 bridgehead atoms. The minimum atomic E-state index is -4.74. The molecule has 0 unspecified atom stereocenters. The molecule has 0 radical (unpaired) electrons. The smallest absolute Gasteiger partial charge is 0.406 e. The third-order valence-electron chi connectivity index (χ3n) is 2.85. The number of hydrogen-bond donors (Lipinski definition) is 2. The van der Waals surface area contributed by atoms with Gasteiger partial charge in [-0.3, -0.25) is 4.68 Å². The van der Waals surface area contributed by atoms with Gasteiger partial charge >= 0.3 is 6.36 Å². The summed E-state index contributed by atoms with van der Waals surface area (Å²) in [6, 6.07) is 7.23. The number of anilines is 1. The number of guanidine groups is 1. The van der Waals surface area contributed by atoms with Crippen LogP contribution in [0.2, 0.25) is 0 Å². The molecular weight excluding hydrogens is 438 g/mol. The van der Waals surface area contributed by atoms with Gasteiger partial charge < -0.3 is 15.8 Å². The van der Waals surface area contributed by atoms with Crippen molar-refractivity contribution in [2.75, 3.05) is 5.32 Å². The molecule has 0 aliphatic heterocycles. The first-order valence-corrected chi connectivity index (χ1v) is 6.65. The van der Waals surface area contributed by atoms with Gasteiger partial charge in [0.25, 0.3) is 0 Å². The molecule has 6 nitrogen and oxygen atoms in total. The van der Waals surface area contributed by atoms with Crippen LogP contribution in [0.3, 0.4) is 0 Å². The van der Waals surface area contributed by atoms with Crippen molar-refractivity contribution in [1.82, 2.24) is 9.78 Å². The van der Waals surface area contributed by atoms with Gasteiger partial charge in [0.2, 0.25) is 0 Å². The minimum absolute atomic E-state index is 0. The molecule has 0 amide bonds. The number of ether oxygens (including phenoxy) is 1. The number of aromatic nitrogens is 2. The second-order valence-electron chi connectivity index (χ2n) is 4.80. The van der Waals surface area contributed by atoms with Crippen molar-refractivity contribution in [3.63, 3.8) is 0 Å². The zero-order chi connectivity index (χ0) is 17.0. The fourth-order valence-corrected chi connectivity index (χ4v) is 1.94. The SMILES string of the molecule is Cc1cc(CN=C(N)Nc2cccc(OC(F)(F)F)c2)n(C)n1.I. The molecule has 1 aromatic carbocycles. The molecule has 0 spiro atoms. The van der Waals surface area contributed by atoms with E-state index in [0.29, 0.717) is 12.2 Å². The molecule has 2 rings (SSSR count). The lowest BCUT2D eigenvalue weighted by Gasteiger charge is -2.11. The number of nitrogens with two attached hydrogens (primary N) is 1. The zero-order valence-corrected chi connectivity index (χ0v) is 15.3. The van der Waals surface area contributed by atoms with Crippen LogP contribution in [0.25, 0.3) is 0 Å². The second-order valence-corrected chi connectivity index (χ2v) is 4.80. The number of rotatable bonds is 4. The van der Waals surface area contributed by atoms with Crippen LogP contribution < -0.4 is 15.8 Å². The Morgan fingerprint density at radius 2 is 2.08 bits per heavy atom. The first-order chi connectivity index (χ1) is 10.7. The van der Waals surface area contributed by atoms with Crippen LogP contribution in [-0.4, -0.2) is 22.1 Å². The highest BCUT2D eigenvalue weighted by Crippen LogP contribution is 2.24. The summed E-state index contributed by atoms with van der Waals surface area (Å²) in [5, 5.41) is 6.90. The molecule has 24 heavy (non-hydrogen) atoms. The Hall–Kier alpha value is -1.98. The molecule has 2 aromatic rings. The normalized spacial score (nSPS) is 11.8. The van der Waals surface area contributed by atoms with Gasteiger partial charge in [-0.2, -0.15) is 5.10 Å². The van der Waals surface area contributed by atoms with Gasteiger partial charge in [-0.25, -0.2) is 4.99 Å². The first-order valence-electron chi connectivity index (χ1n) is 6.65. The van der Waals surface area contributed by atoms with Crippen molar-refractivity contribution < 1.29 is 17.9 Å². The molecule has 0 fully saturated rings. The number of aryl methyl sites for hydroxylation is 2. The van der Waals surface area contributed by atoms with Crippen LogP contribution in [0.1, 0.15) is 11.4 Å². The van der Waals surface area contributed by atoms with E-state index < -0.39 is 6.36 Å². The molecule has 0 saturated carbocycles. The standard InChI is InChI=1S/C14H16F3N5O.HI/c1-9-6-11(22(2)21-9)8-19-13(18)20-10-4-3-5-12(7-10)23-14(15,16)17;/h3-7H,8H2,1-2H3,(H3,18,19,20);1H. The lowest BCUT2D eigenvalue weighted by atomic mass is 10.3. The van der Waals surface area contributed by atoms with Crippen LogP contribution in [0.4, 0.5) is 18.9 Å². The molecule has 0 aliphatic rings. The van der Waals surface area contributed by atoms with Gasteiger partial charge in [-0.1, -0.05) is 6.07 Å². The van der Waals surface area contributed by atoms with Crippen molar-refractivity contribution in [3.8, 4) is 5.75 Å². The predicted molar refractivity (Wildman–Crippen MR) is 95.4 cm³/mol. The Labute approximate surface area is 153 Å². The maximum absolute atomic E-state index is 12.2. The monoisotopic (exact) mass is 455 g/mol. The minimum Gasteiger partial charge on any atom is -0.406 e. The van der Waals surface area contributed by atoms with Crippen molar-refractivity contribution in [2.24, 2.45) is 17.8 Å². The average Bonchev–Trinajstić information content (AvgIpc) is 2.73. The van der Waals surface area contributed by atoms with Crippen molar-refractivity contribution in [3.05, 3.63) is 41.7 Å². The van der Waals surface area contributed by atoms with Gasteiger partial charge in [0.05, 0.1) is 17.9 Å². The summed E-state index contributed by atoms with van der Waals surface area (Å²) >= 11 is 0. The Bertz CT molecular complexity index is 715. The maximum Gasteiger partial charge on any atom is 0.573 e. The molecule has 1 heterocycles.